The highest BCUT2D eigenvalue weighted by Crippen LogP contribution is 2.49. The number of ether oxygens (including phenoxy) is 1. The fourth-order valence-corrected chi connectivity index (χ4v) is 5.06. The number of carbonyl (C=O) groups excluding carboxylic acids is 2. The molecule has 7 nitrogen and oxygen atoms in total. The molecule has 2 amide bonds. The summed E-state index contributed by atoms with van der Waals surface area (Å²) in [6.45, 7) is 0.284. The van der Waals surface area contributed by atoms with Gasteiger partial charge in [-0.25, -0.2) is 4.79 Å². The topological polar surface area (TPSA) is 95.9 Å². The number of rotatable bonds is 6. The van der Waals surface area contributed by atoms with Gasteiger partial charge in [0.1, 0.15) is 5.75 Å². The summed E-state index contributed by atoms with van der Waals surface area (Å²) in [5.74, 6) is -2.47. The van der Waals surface area contributed by atoms with E-state index in [1.54, 1.807) is 11.0 Å². The summed E-state index contributed by atoms with van der Waals surface area (Å²) >= 11 is 0. The number of hydrogen-bond acceptors (Lipinski definition) is 4. The molecule has 2 aromatic carbocycles. The van der Waals surface area contributed by atoms with E-state index in [4.69, 9.17) is 5.11 Å². The minimum absolute atomic E-state index is 0.0606. The van der Waals surface area contributed by atoms with Crippen molar-refractivity contribution in [3.63, 3.8) is 0 Å². The van der Waals surface area contributed by atoms with Gasteiger partial charge in [-0.2, -0.15) is 0 Å². The van der Waals surface area contributed by atoms with Crippen molar-refractivity contribution in [3.8, 4) is 5.75 Å². The molecular weight excluding hydrogens is 465 g/mol. The van der Waals surface area contributed by atoms with E-state index >= 15 is 0 Å². The van der Waals surface area contributed by atoms with Crippen LogP contribution in [-0.2, 0) is 9.59 Å². The van der Waals surface area contributed by atoms with E-state index in [2.05, 4.69) is 10.1 Å². The van der Waals surface area contributed by atoms with Gasteiger partial charge in [0.25, 0.3) is 5.91 Å². The number of halogens is 3. The van der Waals surface area contributed by atoms with Crippen LogP contribution in [0.1, 0.15) is 41.1 Å². The van der Waals surface area contributed by atoms with Gasteiger partial charge in [0, 0.05) is 41.9 Å². The summed E-state index contributed by atoms with van der Waals surface area (Å²) in [6.07, 6.45) is -0.605. The molecule has 2 aliphatic rings. The number of hydrogen-bond donors (Lipinski definition) is 2. The summed E-state index contributed by atoms with van der Waals surface area (Å²) in [5.41, 5.74) is 1.81. The predicted molar refractivity (Wildman–Crippen MR) is 120 cm³/mol. The Kier molecular flexibility index (Phi) is 6.81. The monoisotopic (exact) mass is 488 g/mol. The fraction of sp³-hybridized carbons (Fsp3) is 0.320. The zero-order valence-electron chi connectivity index (χ0n) is 18.5. The zero-order chi connectivity index (χ0) is 25.2. The highest BCUT2D eigenvalue weighted by molar-refractivity contribution is 6.07. The molecule has 0 spiro atoms. The van der Waals surface area contributed by atoms with Gasteiger partial charge in [0.05, 0.1) is 0 Å². The van der Waals surface area contributed by atoms with Crippen LogP contribution in [0, 0.1) is 5.92 Å². The van der Waals surface area contributed by atoms with Crippen molar-refractivity contribution < 1.29 is 37.4 Å². The number of alkyl halides is 3. The van der Waals surface area contributed by atoms with Gasteiger partial charge in [-0.15, -0.1) is 13.2 Å². The second-order valence-corrected chi connectivity index (χ2v) is 8.49. The Hall–Kier alpha value is -3.82. The van der Waals surface area contributed by atoms with Crippen LogP contribution in [-0.4, -0.2) is 41.8 Å². The van der Waals surface area contributed by atoms with E-state index < -0.39 is 24.0 Å². The molecule has 184 valence electrons. The van der Waals surface area contributed by atoms with Gasteiger partial charge in [-0.3, -0.25) is 9.59 Å². The lowest BCUT2D eigenvalue weighted by molar-refractivity contribution is -0.274. The van der Waals surface area contributed by atoms with Crippen molar-refractivity contribution >= 4 is 23.5 Å². The number of benzene rings is 2. The number of anilines is 1. The molecule has 1 fully saturated rings. The van der Waals surface area contributed by atoms with E-state index in [1.807, 2.05) is 18.2 Å². The normalized spacial score (nSPS) is 21.3. The van der Waals surface area contributed by atoms with E-state index in [1.165, 1.54) is 12.1 Å². The molecule has 0 aromatic heterocycles. The molecule has 1 heterocycles. The van der Waals surface area contributed by atoms with Crippen LogP contribution in [0.25, 0.3) is 0 Å². The second kappa shape index (κ2) is 9.81. The first-order valence-electron chi connectivity index (χ1n) is 11.1. The molecule has 1 aliphatic heterocycles. The lowest BCUT2D eigenvalue weighted by Gasteiger charge is -2.44. The number of carboxylic acids is 1. The molecule has 2 aromatic rings. The van der Waals surface area contributed by atoms with Crippen molar-refractivity contribution in [1.29, 1.82) is 0 Å². The predicted octanol–water partition coefficient (Wildman–Crippen LogP) is 4.25. The van der Waals surface area contributed by atoms with Crippen LogP contribution < -0.4 is 15.0 Å². The molecule has 35 heavy (non-hydrogen) atoms. The van der Waals surface area contributed by atoms with Crippen LogP contribution in [0.2, 0.25) is 0 Å². The van der Waals surface area contributed by atoms with Gasteiger partial charge in [-0.05, 0) is 54.7 Å². The molecule has 4 rings (SSSR count). The van der Waals surface area contributed by atoms with E-state index in [0.29, 0.717) is 5.69 Å². The molecule has 3 atom stereocenters. The standard InChI is InChI=1S/C25H23F3N2O5/c26-25(27,28)35-16-10-8-15(9-11-16)24(34)30-20-6-2-1-4-17(20)19(18-5-3-7-21(18)30)14-29-22(31)12-13-23(32)33/h1-2,4,6,8-13,18-19,21H,3,5,7,14H2,(H,29,31)(H,32,33). The number of aliphatic carboxylic acids is 1. The maximum absolute atomic E-state index is 13.6. The number of nitrogens with one attached hydrogen (secondary N) is 1. The van der Waals surface area contributed by atoms with Crippen LogP contribution in [0.5, 0.6) is 5.75 Å². The van der Waals surface area contributed by atoms with Crippen LogP contribution >= 0.6 is 0 Å². The summed E-state index contributed by atoms with van der Waals surface area (Å²) in [5, 5.41) is 11.5. The van der Waals surface area contributed by atoms with Gasteiger partial charge < -0.3 is 20.1 Å². The summed E-state index contributed by atoms with van der Waals surface area (Å²) in [6, 6.07) is 12.1. The molecule has 10 heteroatoms. The molecular formula is C25H23F3N2O5. The maximum Gasteiger partial charge on any atom is 0.573 e. The Morgan fingerprint density at radius 2 is 1.77 bits per heavy atom. The first-order chi connectivity index (χ1) is 16.6. The number of para-hydroxylation sites is 1. The Morgan fingerprint density at radius 1 is 1.06 bits per heavy atom. The van der Waals surface area contributed by atoms with Gasteiger partial charge in [-0.1, -0.05) is 24.6 Å². The minimum atomic E-state index is -4.82. The van der Waals surface area contributed by atoms with E-state index in [0.717, 1.165) is 49.1 Å². The Balaban J connectivity index is 1.60. The first-order valence-corrected chi connectivity index (χ1v) is 11.1. The summed E-state index contributed by atoms with van der Waals surface area (Å²) in [7, 11) is 0. The molecule has 0 saturated heterocycles. The van der Waals surface area contributed by atoms with Gasteiger partial charge >= 0.3 is 12.3 Å². The van der Waals surface area contributed by atoms with Gasteiger partial charge in [0.2, 0.25) is 5.91 Å². The highest BCUT2D eigenvalue weighted by Gasteiger charge is 2.45. The van der Waals surface area contributed by atoms with E-state index in [9.17, 15) is 27.6 Å². The Morgan fingerprint density at radius 3 is 2.46 bits per heavy atom. The number of amides is 2. The minimum Gasteiger partial charge on any atom is -0.478 e. The van der Waals surface area contributed by atoms with Crippen LogP contribution in [0.4, 0.5) is 18.9 Å². The Bertz CT molecular complexity index is 1150. The van der Waals surface area contributed by atoms with Crippen LogP contribution in [0.15, 0.2) is 60.7 Å². The average molecular weight is 488 g/mol. The average Bonchev–Trinajstić information content (AvgIpc) is 3.28. The third-order valence-electron chi connectivity index (χ3n) is 6.40. The number of carboxylic acid groups (broad SMARTS) is 1. The summed E-state index contributed by atoms with van der Waals surface area (Å²) < 4.78 is 41.3. The fourth-order valence-electron chi connectivity index (χ4n) is 5.06. The van der Waals surface area contributed by atoms with Crippen LogP contribution in [0.3, 0.4) is 0 Å². The zero-order valence-corrected chi connectivity index (χ0v) is 18.5. The lowest BCUT2D eigenvalue weighted by atomic mass is 9.77. The van der Waals surface area contributed by atoms with Crippen molar-refractivity contribution in [2.75, 3.05) is 11.4 Å². The van der Waals surface area contributed by atoms with E-state index in [-0.39, 0.29) is 35.9 Å². The lowest BCUT2D eigenvalue weighted by Crippen LogP contribution is -2.49. The molecule has 0 bridgehead atoms. The molecule has 1 saturated carbocycles. The van der Waals surface area contributed by atoms with Crippen molar-refractivity contribution in [1.82, 2.24) is 5.32 Å². The largest absolute Gasteiger partial charge is 0.573 e. The van der Waals surface area contributed by atoms with Gasteiger partial charge in [0.15, 0.2) is 0 Å². The first kappa shape index (κ1) is 24.3. The smallest absolute Gasteiger partial charge is 0.478 e. The molecule has 3 unspecified atom stereocenters. The molecule has 1 aliphatic carbocycles. The molecule has 0 radical (unpaired) electrons. The maximum atomic E-state index is 13.6. The quantitative estimate of drug-likeness (QED) is 0.593. The number of carbonyl (C=O) groups is 3. The second-order valence-electron chi connectivity index (χ2n) is 8.49. The third-order valence-corrected chi connectivity index (χ3v) is 6.40. The van der Waals surface area contributed by atoms with Crippen molar-refractivity contribution in [3.05, 3.63) is 71.8 Å². The van der Waals surface area contributed by atoms with Crippen molar-refractivity contribution in [2.24, 2.45) is 5.92 Å². The highest BCUT2D eigenvalue weighted by atomic mass is 19.4. The third kappa shape index (κ3) is 5.47. The molecule has 2 N–H and O–H groups in total. The summed E-state index contributed by atoms with van der Waals surface area (Å²) in [4.78, 5) is 38.0. The number of nitrogens with zero attached hydrogens (tertiary/aromatic N) is 1. The van der Waals surface area contributed by atoms with Crippen molar-refractivity contribution in [2.45, 2.75) is 37.6 Å². The Labute approximate surface area is 199 Å². The SMILES string of the molecule is O=C(O)C=CC(=O)NCC1c2ccccc2N(C(=O)c2ccc(OC(F)(F)F)cc2)C2CCCC12. The number of fused-ring (bicyclic) bond motifs is 2.